The van der Waals surface area contributed by atoms with Crippen LogP contribution in [-0.4, -0.2) is 27.3 Å². The molecule has 1 saturated carbocycles. The number of hydrogen-bond donors (Lipinski definition) is 2. The van der Waals surface area contributed by atoms with Crippen LogP contribution in [0, 0.1) is 0 Å². The van der Waals surface area contributed by atoms with Gasteiger partial charge in [-0.15, -0.1) is 48.8 Å². The Bertz CT molecular complexity index is 784. The van der Waals surface area contributed by atoms with Gasteiger partial charge in [0.05, 0.1) is 9.49 Å². The second-order valence-electron chi connectivity index (χ2n) is 6.54. The molecule has 0 aromatic carbocycles. The van der Waals surface area contributed by atoms with Crippen LogP contribution in [0.2, 0.25) is 0 Å². The minimum atomic E-state index is -5.51. The average Bonchev–Trinajstić information content (AvgIpc) is 2.95. The molecule has 136 valence electrons. The molecule has 2 aliphatic heterocycles. The number of fused-ring (bicyclic) bond motifs is 4. The van der Waals surface area contributed by atoms with Crippen molar-refractivity contribution in [1.82, 2.24) is 0 Å². The van der Waals surface area contributed by atoms with E-state index in [0.29, 0.717) is 8.47 Å². The molecule has 25 heavy (non-hydrogen) atoms. The highest BCUT2D eigenvalue weighted by atomic mass is 32.2. The van der Waals surface area contributed by atoms with Crippen LogP contribution < -0.4 is 0 Å². The maximum Gasteiger partial charge on any atom is 0.380 e. The van der Waals surface area contributed by atoms with Gasteiger partial charge in [0.25, 0.3) is 0 Å². The molecule has 4 rings (SSSR count). The van der Waals surface area contributed by atoms with Gasteiger partial charge in [0.15, 0.2) is 0 Å². The van der Waals surface area contributed by atoms with Gasteiger partial charge in [0.2, 0.25) is 0 Å². The maximum atomic E-state index is 14.5. The molecule has 0 radical (unpaired) electrons. The van der Waals surface area contributed by atoms with Crippen LogP contribution in [-0.2, 0) is 0 Å². The van der Waals surface area contributed by atoms with Gasteiger partial charge in [-0.1, -0.05) is 0 Å². The Morgan fingerprint density at radius 1 is 0.720 bits per heavy atom. The van der Waals surface area contributed by atoms with Crippen LogP contribution >= 0.6 is 48.8 Å². The van der Waals surface area contributed by atoms with Crippen LogP contribution in [0.25, 0.3) is 0 Å². The summed E-state index contributed by atoms with van der Waals surface area (Å²) >= 11 is 10.5. The smallest absolute Gasteiger partial charge is 0.194 e. The Balaban J connectivity index is 2.20. The minimum absolute atomic E-state index is 0.213. The van der Waals surface area contributed by atoms with E-state index in [1.54, 1.807) is 13.8 Å². The largest absolute Gasteiger partial charge is 0.380 e. The number of allylic oxidation sites excluding steroid dienone is 4. The van der Waals surface area contributed by atoms with Crippen molar-refractivity contribution < 1.29 is 26.3 Å². The molecule has 2 unspecified atom stereocenters. The van der Waals surface area contributed by atoms with Crippen molar-refractivity contribution >= 4 is 48.8 Å². The minimum Gasteiger partial charge on any atom is -0.194 e. The van der Waals surface area contributed by atoms with Gasteiger partial charge in [-0.2, -0.15) is 26.3 Å². The van der Waals surface area contributed by atoms with E-state index in [-0.39, 0.29) is 11.1 Å². The summed E-state index contributed by atoms with van der Waals surface area (Å²) in [5.41, 5.74) is -2.97. The average molecular weight is 433 g/mol. The number of thioether (sulfide) groups is 2. The van der Waals surface area contributed by atoms with Crippen LogP contribution in [0.3, 0.4) is 0 Å². The highest BCUT2D eigenvalue weighted by Gasteiger charge is 2.84. The molecule has 0 spiro atoms. The van der Waals surface area contributed by atoms with E-state index in [0.717, 1.165) is 23.5 Å². The fraction of sp³-hybridized carbons (Fsp3) is 0.467. The first kappa shape index (κ1) is 18.3. The first-order chi connectivity index (χ1) is 11.2. The molecule has 0 nitrogen and oxygen atoms in total. The van der Waals surface area contributed by atoms with Gasteiger partial charge in [0, 0.05) is 19.6 Å². The third-order valence-electron chi connectivity index (χ3n) is 5.30. The molecule has 0 bridgehead atoms. The topological polar surface area (TPSA) is 0 Å². The summed E-state index contributed by atoms with van der Waals surface area (Å²) in [7, 11) is 0. The van der Waals surface area contributed by atoms with E-state index >= 15 is 0 Å². The van der Waals surface area contributed by atoms with Gasteiger partial charge in [-0.3, -0.25) is 0 Å². The lowest BCUT2D eigenvalue weighted by Gasteiger charge is -2.46. The molecular formula is C15H10F6S4. The van der Waals surface area contributed by atoms with Gasteiger partial charge in [-0.05, 0) is 37.1 Å². The number of thiol groups is 2. The highest BCUT2D eigenvalue weighted by molar-refractivity contribution is 8.19. The Kier molecular flexibility index (Phi) is 3.42. The first-order valence-corrected chi connectivity index (χ1v) is 9.58. The van der Waals surface area contributed by atoms with E-state index in [2.05, 4.69) is 25.3 Å². The van der Waals surface area contributed by atoms with Crippen molar-refractivity contribution in [1.29, 1.82) is 0 Å². The second kappa shape index (κ2) is 4.67. The normalized spacial score (nSPS) is 39.9. The van der Waals surface area contributed by atoms with E-state index in [1.807, 2.05) is 0 Å². The number of halogens is 6. The molecule has 0 N–H and O–H groups in total. The number of alkyl halides is 6. The van der Waals surface area contributed by atoms with Crippen LogP contribution in [0.1, 0.15) is 13.8 Å². The van der Waals surface area contributed by atoms with Crippen LogP contribution in [0.4, 0.5) is 26.3 Å². The number of rotatable bonds is 0. The molecule has 4 aliphatic rings. The summed E-state index contributed by atoms with van der Waals surface area (Å²) in [6.07, 6.45) is 2.40. The molecule has 2 aliphatic carbocycles. The van der Waals surface area contributed by atoms with Gasteiger partial charge in [0.1, 0.15) is 0 Å². The summed E-state index contributed by atoms with van der Waals surface area (Å²) in [5, 5.41) is 0. The summed E-state index contributed by atoms with van der Waals surface area (Å²) in [6.45, 7) is 3.18. The standard InChI is InChI=1S/C15H10F6S4/c1-11-5(3-7(22)24-11)9-10(6-4-8(23)25-12(6,11)2)14(18,19)15(20,21)13(9,16)17/h3-4,22-23H,1-2H3. The summed E-state index contributed by atoms with van der Waals surface area (Å²) in [6, 6.07) is 0. The Morgan fingerprint density at radius 3 is 1.36 bits per heavy atom. The van der Waals surface area contributed by atoms with E-state index < -0.39 is 38.4 Å². The summed E-state index contributed by atoms with van der Waals surface area (Å²) < 4.78 is 84.7. The predicted octanol–water partition coefficient (Wildman–Crippen LogP) is 6.07. The molecule has 0 saturated heterocycles. The monoisotopic (exact) mass is 432 g/mol. The van der Waals surface area contributed by atoms with E-state index in [4.69, 9.17) is 0 Å². The van der Waals surface area contributed by atoms with Gasteiger partial charge >= 0.3 is 17.8 Å². The van der Waals surface area contributed by atoms with Crippen LogP contribution in [0.15, 0.2) is 42.9 Å². The lowest BCUT2D eigenvalue weighted by atomic mass is 9.71. The predicted molar refractivity (Wildman–Crippen MR) is 95.0 cm³/mol. The molecule has 1 fully saturated rings. The zero-order chi connectivity index (χ0) is 18.8. The lowest BCUT2D eigenvalue weighted by Crippen LogP contribution is -2.48. The van der Waals surface area contributed by atoms with Crippen molar-refractivity contribution in [3.05, 3.63) is 42.9 Å². The molecule has 0 aromatic rings. The second-order valence-corrected chi connectivity index (χ2v) is 11.0. The Hall–Kier alpha value is -0.0600. The molecular weight excluding hydrogens is 422 g/mol. The molecule has 10 heteroatoms. The van der Waals surface area contributed by atoms with Crippen molar-refractivity contribution in [2.24, 2.45) is 0 Å². The third-order valence-corrected chi connectivity index (χ3v) is 8.96. The van der Waals surface area contributed by atoms with Gasteiger partial charge in [-0.25, -0.2) is 0 Å². The van der Waals surface area contributed by atoms with Crippen molar-refractivity contribution in [2.75, 3.05) is 0 Å². The maximum absolute atomic E-state index is 14.5. The third kappa shape index (κ3) is 1.76. The van der Waals surface area contributed by atoms with Crippen molar-refractivity contribution in [3.63, 3.8) is 0 Å². The molecule has 2 atom stereocenters. The van der Waals surface area contributed by atoms with Crippen LogP contribution in [0.5, 0.6) is 0 Å². The Morgan fingerprint density at radius 2 is 1.04 bits per heavy atom. The number of hydrogen-bond acceptors (Lipinski definition) is 4. The molecule has 2 heterocycles. The fourth-order valence-corrected chi connectivity index (χ4v) is 7.82. The van der Waals surface area contributed by atoms with Crippen molar-refractivity contribution in [3.8, 4) is 0 Å². The molecule has 0 aromatic heterocycles. The SMILES string of the molecule is CC12SC(S)=CC1=C1C(=C3C=C(S)SC32C)C(F)(F)C(F)(F)C1(F)F. The van der Waals surface area contributed by atoms with E-state index in [9.17, 15) is 26.3 Å². The zero-order valence-corrected chi connectivity index (χ0v) is 16.1. The highest BCUT2D eigenvalue weighted by Crippen LogP contribution is 2.74. The summed E-state index contributed by atoms with van der Waals surface area (Å²) in [4.78, 5) is 0. The zero-order valence-electron chi connectivity index (χ0n) is 12.6. The quantitative estimate of drug-likeness (QED) is 0.352. The lowest BCUT2D eigenvalue weighted by molar-refractivity contribution is -0.258. The summed E-state index contributed by atoms with van der Waals surface area (Å²) in [5.74, 6) is -15.5. The first-order valence-electron chi connectivity index (χ1n) is 7.05. The van der Waals surface area contributed by atoms with Gasteiger partial charge < -0.3 is 0 Å². The van der Waals surface area contributed by atoms with Crippen molar-refractivity contribution in [2.45, 2.75) is 41.1 Å². The fourth-order valence-electron chi connectivity index (χ4n) is 3.87. The Labute approximate surface area is 159 Å². The molecule has 0 amide bonds. The van der Waals surface area contributed by atoms with E-state index in [1.165, 1.54) is 12.2 Å².